The van der Waals surface area contributed by atoms with Crippen molar-refractivity contribution in [1.29, 1.82) is 0 Å². The van der Waals surface area contributed by atoms with Gasteiger partial charge in [-0.2, -0.15) is 0 Å². The zero-order valence-corrected chi connectivity index (χ0v) is 17.2. The number of ether oxygens (including phenoxy) is 2. The fourth-order valence-corrected chi connectivity index (χ4v) is 4.57. The molecule has 1 aromatic heterocycles. The van der Waals surface area contributed by atoms with E-state index >= 15 is 0 Å². The lowest BCUT2D eigenvalue weighted by Crippen LogP contribution is -2.41. The number of amides is 1. The monoisotopic (exact) mass is 448 g/mol. The Morgan fingerprint density at radius 3 is 2.56 bits per heavy atom. The fourth-order valence-electron chi connectivity index (χ4n) is 3.46. The quantitative estimate of drug-likeness (QED) is 0.700. The molecule has 0 aliphatic carbocycles. The Hall–Kier alpha value is -1.41. The van der Waals surface area contributed by atoms with Crippen molar-refractivity contribution in [3.63, 3.8) is 0 Å². The highest BCUT2D eigenvalue weighted by Crippen LogP contribution is 2.32. The molecule has 0 unspecified atom stereocenters. The number of benzene rings is 1. The van der Waals surface area contributed by atoms with Crippen molar-refractivity contribution in [2.75, 3.05) is 26.3 Å². The summed E-state index contributed by atoms with van der Waals surface area (Å²) in [6, 6.07) is 11.7. The first-order valence-electron chi connectivity index (χ1n) is 9.11. The standard InChI is InChI=1S/C20H21BrN2O3S/c21-15-5-6-18(22-13-15)27-17-4-2-1-3-16(17)19(24)23-9-7-14(8-10-23)20-25-11-12-26-20/h1-6,13-14,20H,7-12H2. The van der Waals surface area contributed by atoms with Crippen molar-refractivity contribution in [1.82, 2.24) is 9.88 Å². The molecule has 7 heteroatoms. The predicted molar refractivity (Wildman–Crippen MR) is 107 cm³/mol. The number of piperidine rings is 1. The number of hydrogen-bond acceptors (Lipinski definition) is 5. The third-order valence-electron chi connectivity index (χ3n) is 4.89. The number of likely N-dealkylation sites (tertiary alicyclic amines) is 1. The van der Waals surface area contributed by atoms with E-state index in [1.165, 1.54) is 11.8 Å². The van der Waals surface area contributed by atoms with Crippen LogP contribution < -0.4 is 0 Å². The van der Waals surface area contributed by atoms with Crippen molar-refractivity contribution in [3.05, 3.63) is 52.6 Å². The van der Waals surface area contributed by atoms with Crippen LogP contribution in [-0.4, -0.2) is 48.4 Å². The molecule has 2 aliphatic heterocycles. The van der Waals surface area contributed by atoms with E-state index in [-0.39, 0.29) is 12.2 Å². The molecule has 2 aliphatic rings. The summed E-state index contributed by atoms with van der Waals surface area (Å²) >= 11 is 4.92. The Balaban J connectivity index is 1.43. The number of nitrogens with zero attached hydrogens (tertiary/aromatic N) is 2. The van der Waals surface area contributed by atoms with E-state index in [4.69, 9.17) is 9.47 Å². The molecule has 5 nitrogen and oxygen atoms in total. The molecule has 0 spiro atoms. The average molecular weight is 449 g/mol. The van der Waals surface area contributed by atoms with Crippen LogP contribution >= 0.6 is 27.7 Å². The Morgan fingerprint density at radius 2 is 1.85 bits per heavy atom. The molecule has 0 saturated carbocycles. The lowest BCUT2D eigenvalue weighted by Gasteiger charge is -2.34. The minimum Gasteiger partial charge on any atom is -0.350 e. The van der Waals surface area contributed by atoms with E-state index in [1.807, 2.05) is 41.3 Å². The maximum atomic E-state index is 13.1. The number of carbonyl (C=O) groups is 1. The third-order valence-corrected chi connectivity index (χ3v) is 6.39. The molecule has 1 amide bonds. The van der Waals surface area contributed by atoms with E-state index in [0.717, 1.165) is 45.9 Å². The molecule has 1 aromatic carbocycles. The normalized spacial score (nSPS) is 18.8. The number of pyridine rings is 1. The van der Waals surface area contributed by atoms with Crippen molar-refractivity contribution in [3.8, 4) is 0 Å². The second-order valence-electron chi connectivity index (χ2n) is 6.65. The van der Waals surface area contributed by atoms with Gasteiger partial charge in [0, 0.05) is 34.6 Å². The molecule has 0 radical (unpaired) electrons. The first kappa shape index (κ1) is 18.9. The molecule has 3 heterocycles. The van der Waals surface area contributed by atoms with E-state index in [9.17, 15) is 4.79 Å². The highest BCUT2D eigenvalue weighted by molar-refractivity contribution is 9.10. The van der Waals surface area contributed by atoms with Gasteiger partial charge < -0.3 is 14.4 Å². The second-order valence-corrected chi connectivity index (χ2v) is 8.63. The van der Waals surface area contributed by atoms with Gasteiger partial charge in [-0.05, 0) is 53.0 Å². The van der Waals surface area contributed by atoms with Gasteiger partial charge in [-0.1, -0.05) is 23.9 Å². The van der Waals surface area contributed by atoms with E-state index < -0.39 is 0 Å². The molecule has 2 saturated heterocycles. The highest BCUT2D eigenvalue weighted by atomic mass is 79.9. The largest absolute Gasteiger partial charge is 0.350 e. The maximum Gasteiger partial charge on any atom is 0.255 e. The van der Waals surface area contributed by atoms with Crippen LogP contribution in [0.25, 0.3) is 0 Å². The number of aromatic nitrogens is 1. The van der Waals surface area contributed by atoms with Crippen LogP contribution in [0, 0.1) is 5.92 Å². The highest BCUT2D eigenvalue weighted by Gasteiger charge is 2.32. The van der Waals surface area contributed by atoms with Crippen LogP contribution in [-0.2, 0) is 9.47 Å². The Bertz CT molecular complexity index is 788. The van der Waals surface area contributed by atoms with Gasteiger partial charge in [0.1, 0.15) is 5.03 Å². The molecule has 142 valence electrons. The number of halogens is 1. The SMILES string of the molecule is O=C(c1ccccc1Sc1ccc(Br)cn1)N1CCC(C2OCCO2)CC1. The summed E-state index contributed by atoms with van der Waals surface area (Å²) in [6.07, 6.45) is 3.51. The minimum absolute atomic E-state index is 0.0851. The summed E-state index contributed by atoms with van der Waals surface area (Å²) < 4.78 is 12.2. The van der Waals surface area contributed by atoms with Crippen LogP contribution in [0.3, 0.4) is 0 Å². The van der Waals surface area contributed by atoms with Gasteiger partial charge in [0.05, 0.1) is 18.8 Å². The summed E-state index contributed by atoms with van der Waals surface area (Å²) in [5.41, 5.74) is 0.735. The maximum absolute atomic E-state index is 13.1. The number of carbonyl (C=O) groups excluding carboxylic acids is 1. The van der Waals surface area contributed by atoms with E-state index in [0.29, 0.717) is 19.1 Å². The number of rotatable bonds is 4. The topological polar surface area (TPSA) is 51.7 Å². The van der Waals surface area contributed by atoms with Crippen LogP contribution in [0.1, 0.15) is 23.2 Å². The zero-order chi connectivity index (χ0) is 18.6. The average Bonchev–Trinajstić information content (AvgIpc) is 3.25. The summed E-state index contributed by atoms with van der Waals surface area (Å²) in [5, 5.41) is 0.868. The molecule has 2 aromatic rings. The molecule has 27 heavy (non-hydrogen) atoms. The summed E-state index contributed by atoms with van der Waals surface area (Å²) in [6.45, 7) is 2.83. The summed E-state index contributed by atoms with van der Waals surface area (Å²) in [7, 11) is 0. The Morgan fingerprint density at radius 1 is 1.11 bits per heavy atom. The fraction of sp³-hybridized carbons (Fsp3) is 0.400. The lowest BCUT2D eigenvalue weighted by molar-refractivity contribution is -0.0956. The van der Waals surface area contributed by atoms with Gasteiger partial charge in [-0.15, -0.1) is 0 Å². The van der Waals surface area contributed by atoms with E-state index in [1.54, 1.807) is 6.20 Å². The van der Waals surface area contributed by atoms with Crippen LogP contribution in [0.5, 0.6) is 0 Å². The van der Waals surface area contributed by atoms with Crippen molar-refractivity contribution >= 4 is 33.6 Å². The van der Waals surface area contributed by atoms with E-state index in [2.05, 4.69) is 20.9 Å². The van der Waals surface area contributed by atoms with Gasteiger partial charge in [0.15, 0.2) is 6.29 Å². The van der Waals surface area contributed by atoms with Crippen molar-refractivity contribution < 1.29 is 14.3 Å². The Labute approximate surface area is 171 Å². The second kappa shape index (κ2) is 8.73. The molecule has 4 rings (SSSR count). The summed E-state index contributed by atoms with van der Waals surface area (Å²) in [5.74, 6) is 0.468. The number of hydrogen-bond donors (Lipinski definition) is 0. The predicted octanol–water partition coefficient (Wildman–Crippen LogP) is 4.22. The Kier molecular flexibility index (Phi) is 6.12. The van der Waals surface area contributed by atoms with Crippen molar-refractivity contribution in [2.24, 2.45) is 5.92 Å². The van der Waals surface area contributed by atoms with Crippen LogP contribution in [0.2, 0.25) is 0 Å². The first-order chi connectivity index (χ1) is 13.2. The molecular weight excluding hydrogens is 428 g/mol. The zero-order valence-electron chi connectivity index (χ0n) is 14.8. The van der Waals surface area contributed by atoms with Gasteiger partial charge in [0.2, 0.25) is 0 Å². The third kappa shape index (κ3) is 4.54. The summed E-state index contributed by atoms with van der Waals surface area (Å²) in [4.78, 5) is 20.4. The smallest absolute Gasteiger partial charge is 0.255 e. The van der Waals surface area contributed by atoms with Crippen molar-refractivity contribution in [2.45, 2.75) is 29.1 Å². The molecule has 0 N–H and O–H groups in total. The molecular formula is C20H21BrN2O3S. The minimum atomic E-state index is -0.0893. The van der Waals surface area contributed by atoms with Crippen LogP contribution in [0.4, 0.5) is 0 Å². The van der Waals surface area contributed by atoms with Crippen LogP contribution in [0.15, 0.2) is 57.0 Å². The van der Waals surface area contributed by atoms with Gasteiger partial charge in [-0.25, -0.2) is 4.98 Å². The molecule has 0 atom stereocenters. The van der Waals surface area contributed by atoms with Gasteiger partial charge in [-0.3, -0.25) is 4.79 Å². The first-order valence-corrected chi connectivity index (χ1v) is 10.7. The van der Waals surface area contributed by atoms with Gasteiger partial charge in [0.25, 0.3) is 5.91 Å². The molecule has 0 bridgehead atoms. The molecule has 2 fully saturated rings. The van der Waals surface area contributed by atoms with Gasteiger partial charge >= 0.3 is 0 Å². The lowest BCUT2D eigenvalue weighted by atomic mass is 9.95.